The highest BCUT2D eigenvalue weighted by Gasteiger charge is 2.42. The second-order valence-corrected chi connectivity index (χ2v) is 12.9. The van der Waals surface area contributed by atoms with Crippen LogP contribution in [-0.2, 0) is 10.8 Å². The van der Waals surface area contributed by atoms with Crippen molar-refractivity contribution in [3.63, 3.8) is 0 Å². The van der Waals surface area contributed by atoms with E-state index in [0.717, 1.165) is 58.2 Å². The van der Waals surface area contributed by atoms with Crippen LogP contribution < -0.4 is 10.5 Å². The second kappa shape index (κ2) is 7.78. The average Bonchev–Trinajstić information content (AvgIpc) is 3.30. The number of fused-ring (bicyclic) bond motifs is 3. The molecule has 4 nitrogen and oxygen atoms in total. The van der Waals surface area contributed by atoms with E-state index in [1.54, 1.807) is 11.3 Å². The standard InChI is InChI=1S/C32H30N2O2S/c1-31(2)12-14-34-15-13-32(3,4)26-27(34)23(31)17-21-16-22(30(35)36-28(21)26)29-33-24-18-20(10-11-25(24)37-29)19-8-6-5-7-9-19/h5-11,16-18H,12-15H2,1-4H3. The number of hydrogen-bond donors (Lipinski definition) is 0. The molecule has 0 saturated carbocycles. The van der Waals surface area contributed by atoms with Gasteiger partial charge in [-0.1, -0.05) is 64.1 Å². The molecule has 2 aromatic heterocycles. The maximum absolute atomic E-state index is 13.5. The number of anilines is 1. The van der Waals surface area contributed by atoms with E-state index in [0.29, 0.717) is 10.6 Å². The first-order valence-corrected chi connectivity index (χ1v) is 13.9. The van der Waals surface area contributed by atoms with Gasteiger partial charge in [-0.3, -0.25) is 0 Å². The predicted molar refractivity (Wildman–Crippen MR) is 154 cm³/mol. The number of benzene rings is 3. The highest BCUT2D eigenvalue weighted by molar-refractivity contribution is 7.21. The molecule has 37 heavy (non-hydrogen) atoms. The van der Waals surface area contributed by atoms with Gasteiger partial charge in [0.2, 0.25) is 0 Å². The summed E-state index contributed by atoms with van der Waals surface area (Å²) in [6.45, 7) is 11.3. The smallest absolute Gasteiger partial charge is 0.346 e. The number of rotatable bonds is 2. The van der Waals surface area contributed by atoms with Gasteiger partial charge in [-0.2, -0.15) is 0 Å². The molecule has 2 aliphatic rings. The Balaban J connectivity index is 1.43. The summed E-state index contributed by atoms with van der Waals surface area (Å²) in [7, 11) is 0. The summed E-state index contributed by atoms with van der Waals surface area (Å²) >= 11 is 1.55. The quantitative estimate of drug-likeness (QED) is 0.228. The third-order valence-corrected chi connectivity index (χ3v) is 9.53. The molecule has 0 bridgehead atoms. The predicted octanol–water partition coefficient (Wildman–Crippen LogP) is 7.91. The largest absolute Gasteiger partial charge is 0.422 e. The SMILES string of the molecule is CC1(C)CCN2CCC(C)(C)c3c2c1cc1cc(-c2nc4cc(-c5ccccc5)ccc4s2)c(=O)oc31. The average molecular weight is 507 g/mol. The molecule has 4 heterocycles. The lowest BCUT2D eigenvalue weighted by atomic mass is 9.69. The molecular weight excluding hydrogens is 476 g/mol. The third kappa shape index (κ3) is 3.47. The van der Waals surface area contributed by atoms with Crippen LogP contribution in [0.25, 0.3) is 42.9 Å². The van der Waals surface area contributed by atoms with E-state index in [9.17, 15) is 4.79 Å². The molecule has 3 aromatic carbocycles. The maximum Gasteiger partial charge on any atom is 0.346 e. The van der Waals surface area contributed by atoms with Crippen LogP contribution in [0.15, 0.2) is 69.9 Å². The van der Waals surface area contributed by atoms with Gasteiger partial charge in [0, 0.05) is 29.7 Å². The van der Waals surface area contributed by atoms with Crippen molar-refractivity contribution in [2.45, 2.75) is 51.4 Å². The molecular formula is C32H30N2O2S. The molecule has 0 spiro atoms. The fourth-order valence-corrected chi connectivity index (χ4v) is 7.10. The Morgan fingerprint density at radius 2 is 1.65 bits per heavy atom. The minimum absolute atomic E-state index is 0.0608. The fourth-order valence-electron chi connectivity index (χ4n) is 6.15. The van der Waals surface area contributed by atoms with Crippen LogP contribution >= 0.6 is 11.3 Å². The van der Waals surface area contributed by atoms with Crippen LogP contribution in [-0.4, -0.2) is 18.1 Å². The molecule has 0 atom stereocenters. The first kappa shape index (κ1) is 22.7. The van der Waals surface area contributed by atoms with Crippen LogP contribution in [0.1, 0.15) is 51.7 Å². The number of nitrogens with zero attached hydrogens (tertiary/aromatic N) is 2. The van der Waals surface area contributed by atoms with Gasteiger partial charge in [-0.15, -0.1) is 11.3 Å². The van der Waals surface area contributed by atoms with Crippen molar-refractivity contribution in [1.82, 2.24) is 4.98 Å². The van der Waals surface area contributed by atoms with Crippen molar-refractivity contribution < 1.29 is 4.42 Å². The van der Waals surface area contributed by atoms with Gasteiger partial charge in [-0.05, 0) is 64.6 Å². The van der Waals surface area contributed by atoms with Gasteiger partial charge < -0.3 is 9.32 Å². The summed E-state index contributed by atoms with van der Waals surface area (Å²) < 4.78 is 7.26. The second-order valence-electron chi connectivity index (χ2n) is 11.8. The van der Waals surface area contributed by atoms with Crippen LogP contribution in [0, 0.1) is 0 Å². The Hall–Kier alpha value is -3.44. The molecule has 0 aliphatic carbocycles. The zero-order valence-electron chi connectivity index (χ0n) is 21.7. The minimum Gasteiger partial charge on any atom is -0.422 e. The van der Waals surface area contributed by atoms with Gasteiger partial charge in [0.15, 0.2) is 0 Å². The zero-order valence-corrected chi connectivity index (χ0v) is 22.5. The van der Waals surface area contributed by atoms with Gasteiger partial charge in [0.1, 0.15) is 10.6 Å². The van der Waals surface area contributed by atoms with Gasteiger partial charge in [0.25, 0.3) is 0 Å². The van der Waals surface area contributed by atoms with Crippen LogP contribution in [0.2, 0.25) is 0 Å². The van der Waals surface area contributed by atoms with E-state index >= 15 is 0 Å². The van der Waals surface area contributed by atoms with Crippen LogP contribution in [0.3, 0.4) is 0 Å². The minimum atomic E-state index is -0.311. The summed E-state index contributed by atoms with van der Waals surface area (Å²) in [5.74, 6) is 0. The van der Waals surface area contributed by atoms with Crippen molar-refractivity contribution >= 4 is 38.2 Å². The summed E-state index contributed by atoms with van der Waals surface area (Å²) in [6.07, 6.45) is 2.17. The molecule has 2 aliphatic heterocycles. The molecule has 0 N–H and O–H groups in total. The topological polar surface area (TPSA) is 46.3 Å². The fraction of sp³-hybridized carbons (Fsp3) is 0.312. The van der Waals surface area contributed by atoms with Crippen molar-refractivity contribution in [3.05, 3.63) is 82.2 Å². The Morgan fingerprint density at radius 3 is 2.43 bits per heavy atom. The van der Waals surface area contributed by atoms with E-state index in [2.05, 4.69) is 69.0 Å². The first-order valence-electron chi connectivity index (χ1n) is 13.1. The number of aromatic nitrogens is 1. The van der Waals surface area contributed by atoms with E-state index in [4.69, 9.17) is 9.40 Å². The molecule has 0 amide bonds. The van der Waals surface area contributed by atoms with Crippen molar-refractivity contribution in [2.75, 3.05) is 18.0 Å². The summed E-state index contributed by atoms with van der Waals surface area (Å²) in [4.78, 5) is 20.9. The Kier molecular flexibility index (Phi) is 4.78. The highest BCUT2D eigenvalue weighted by Crippen LogP contribution is 2.51. The van der Waals surface area contributed by atoms with E-state index < -0.39 is 0 Å². The van der Waals surface area contributed by atoms with Crippen molar-refractivity contribution in [1.29, 1.82) is 0 Å². The monoisotopic (exact) mass is 506 g/mol. The lowest BCUT2D eigenvalue weighted by Gasteiger charge is -2.48. The zero-order chi connectivity index (χ0) is 25.5. The third-order valence-electron chi connectivity index (χ3n) is 8.46. The van der Waals surface area contributed by atoms with E-state index in [-0.39, 0.29) is 16.5 Å². The van der Waals surface area contributed by atoms with Gasteiger partial charge in [-0.25, -0.2) is 9.78 Å². The Bertz CT molecular complexity index is 1760. The maximum atomic E-state index is 13.5. The lowest BCUT2D eigenvalue weighted by molar-refractivity contribution is 0.398. The normalized spacial score (nSPS) is 17.8. The summed E-state index contributed by atoms with van der Waals surface area (Å²) in [5, 5.41) is 1.71. The Labute approximate surface area is 220 Å². The lowest BCUT2D eigenvalue weighted by Crippen LogP contribution is -2.44. The van der Waals surface area contributed by atoms with E-state index in [1.165, 1.54) is 16.8 Å². The molecule has 5 heteroatoms. The molecule has 186 valence electrons. The van der Waals surface area contributed by atoms with Crippen LogP contribution in [0.5, 0.6) is 0 Å². The summed E-state index contributed by atoms with van der Waals surface area (Å²) in [5.41, 5.74) is 8.02. The van der Waals surface area contributed by atoms with Crippen molar-refractivity contribution in [2.24, 2.45) is 0 Å². The Morgan fingerprint density at radius 1 is 0.892 bits per heavy atom. The first-order chi connectivity index (χ1) is 17.7. The van der Waals surface area contributed by atoms with Gasteiger partial charge in [0.05, 0.1) is 15.8 Å². The number of thiazole rings is 1. The molecule has 5 aromatic rings. The highest BCUT2D eigenvalue weighted by atomic mass is 32.1. The molecule has 0 unspecified atom stereocenters. The van der Waals surface area contributed by atoms with Crippen molar-refractivity contribution in [3.8, 4) is 21.7 Å². The molecule has 0 fully saturated rings. The molecule has 0 saturated heterocycles. The van der Waals surface area contributed by atoms with Crippen LogP contribution in [0.4, 0.5) is 5.69 Å². The number of hydrogen-bond acceptors (Lipinski definition) is 5. The summed E-state index contributed by atoms with van der Waals surface area (Å²) in [6, 6.07) is 20.9. The van der Waals surface area contributed by atoms with E-state index in [1.807, 2.05) is 24.3 Å². The molecule has 0 radical (unpaired) electrons. The van der Waals surface area contributed by atoms with Gasteiger partial charge >= 0.3 is 5.63 Å². The molecule has 7 rings (SSSR count).